The van der Waals surface area contributed by atoms with Crippen molar-refractivity contribution in [3.8, 4) is 28.7 Å². The molecule has 2 saturated carbocycles. The molecule has 0 aromatic heterocycles. The summed E-state index contributed by atoms with van der Waals surface area (Å²) >= 11 is 0. The van der Waals surface area contributed by atoms with Crippen LogP contribution in [0.3, 0.4) is 0 Å². The van der Waals surface area contributed by atoms with E-state index < -0.39 is 75.6 Å². The van der Waals surface area contributed by atoms with E-state index in [2.05, 4.69) is 17.4 Å². The quantitative estimate of drug-likeness (QED) is 0.155. The van der Waals surface area contributed by atoms with Crippen molar-refractivity contribution in [1.29, 1.82) is 5.26 Å². The number of ketones is 4. The molecule has 6 rings (SSSR count). The Morgan fingerprint density at radius 3 is 2.35 bits per heavy atom. The van der Waals surface area contributed by atoms with Crippen molar-refractivity contribution >= 4 is 29.0 Å². The second-order valence-electron chi connectivity index (χ2n) is 14.1. The topological polar surface area (TPSA) is 232 Å². The number of phenolic OH excluding ortho intramolecular Hbond substituents is 1. The first-order valence-electron chi connectivity index (χ1n) is 16.5. The lowest BCUT2D eigenvalue weighted by Gasteiger charge is -2.60. The zero-order valence-corrected chi connectivity index (χ0v) is 28.6. The number of rotatable bonds is 9. The number of nitrogens with zero attached hydrogens (tertiary/aromatic N) is 2. The van der Waals surface area contributed by atoms with Crippen molar-refractivity contribution in [2.75, 3.05) is 27.7 Å². The number of aromatic hydroxyl groups is 1. The molecule has 13 nitrogen and oxygen atoms in total. The van der Waals surface area contributed by atoms with Crippen LogP contribution in [0, 0.1) is 28.6 Å². The van der Waals surface area contributed by atoms with E-state index in [4.69, 9.17) is 21.9 Å². The summed E-state index contributed by atoms with van der Waals surface area (Å²) in [5.74, 6) is -9.68. The molecule has 6 atom stereocenters. The average molecular weight is 693 g/mol. The minimum Gasteiger partial charge on any atom is -0.507 e. The zero-order valence-electron chi connectivity index (χ0n) is 28.6. The molecule has 264 valence electrons. The van der Waals surface area contributed by atoms with E-state index in [0.29, 0.717) is 29.0 Å². The summed E-state index contributed by atoms with van der Waals surface area (Å²) < 4.78 is 5.72. The number of carbonyl (C=O) groups excluding carboxylic acids is 5. The summed E-state index contributed by atoms with van der Waals surface area (Å²) in [6.07, 6.45) is 0.137. The van der Waals surface area contributed by atoms with Crippen LogP contribution in [-0.2, 0) is 38.6 Å². The summed E-state index contributed by atoms with van der Waals surface area (Å²) in [6.45, 7) is 1.25. The van der Waals surface area contributed by atoms with Crippen LogP contribution in [0.4, 0.5) is 0 Å². The number of Topliss-reactive ketones (excluding diaryl/α,β-unsaturated/α-hetero) is 4. The summed E-state index contributed by atoms with van der Waals surface area (Å²) in [7, 11) is 4.42. The monoisotopic (exact) mass is 692 g/mol. The Balaban J connectivity index is 1.44. The highest BCUT2D eigenvalue weighted by molar-refractivity contribution is 6.33. The zero-order chi connectivity index (χ0) is 37.0. The second kappa shape index (κ2) is 12.8. The predicted molar refractivity (Wildman–Crippen MR) is 185 cm³/mol. The van der Waals surface area contributed by atoms with E-state index in [0.717, 1.165) is 18.5 Å². The van der Waals surface area contributed by atoms with Gasteiger partial charge in [-0.3, -0.25) is 28.9 Å². The van der Waals surface area contributed by atoms with Gasteiger partial charge in [0.25, 0.3) is 0 Å². The largest absolute Gasteiger partial charge is 0.507 e. The Morgan fingerprint density at radius 2 is 1.73 bits per heavy atom. The molecule has 3 aliphatic rings. The maximum absolute atomic E-state index is 14.6. The molecule has 51 heavy (non-hydrogen) atoms. The second-order valence-corrected chi connectivity index (χ2v) is 14.1. The van der Waals surface area contributed by atoms with Gasteiger partial charge >= 0.3 is 0 Å². The Bertz CT molecular complexity index is 2030. The molecule has 0 radical (unpaired) electrons. The number of likely N-dealkylation sites (N-methyl/N-ethyl adjacent to an activating group) is 1. The third-order valence-electron chi connectivity index (χ3n) is 10.8. The first-order chi connectivity index (χ1) is 24.2. The lowest BCUT2D eigenvalue weighted by molar-refractivity contribution is -0.166. The van der Waals surface area contributed by atoms with Crippen molar-refractivity contribution in [3.05, 3.63) is 82.9 Å². The van der Waals surface area contributed by atoms with Gasteiger partial charge in [-0.1, -0.05) is 42.5 Å². The maximum Gasteiger partial charge on any atom is 0.235 e. The van der Waals surface area contributed by atoms with Crippen molar-refractivity contribution in [2.45, 2.75) is 42.9 Å². The predicted octanol–water partition coefficient (Wildman–Crippen LogP) is 0.816. The van der Waals surface area contributed by atoms with E-state index in [1.165, 1.54) is 37.7 Å². The van der Waals surface area contributed by atoms with Crippen LogP contribution in [0.25, 0.3) is 11.1 Å². The lowest BCUT2D eigenvalue weighted by Crippen LogP contribution is -2.85. The molecule has 13 heteroatoms. The molecule has 8 N–H and O–H groups in total. The fraction of sp³-hybridized carbons (Fsp3) is 0.368. The van der Waals surface area contributed by atoms with Crippen molar-refractivity contribution in [1.82, 2.24) is 10.2 Å². The molecule has 2 fully saturated rings. The highest BCUT2D eigenvalue weighted by atomic mass is 16.5. The fourth-order valence-corrected chi connectivity index (χ4v) is 8.65. The minimum absolute atomic E-state index is 0.187. The standard InChI is InChI=1S/C38H40N6O7/c1-44(2)32-31(47)28(35(40)50)33(48)37(19-39)34(49)29-30(46)27-24(16-36(29,41)18-38(32,37)42)22(10-11-25(27)45)23-15-21(9-12-26(23)51-3)17-43-14-13-20-7-5-4-6-8-20/h4-12,15,28-29,32,43,45H,13-14,16-18,41-42H2,1-3H3,(H2,40,50)/t28?,29?,32-,36-,37+,38-/m1/s1. The van der Waals surface area contributed by atoms with Gasteiger partial charge in [-0.05, 0) is 80.4 Å². The molecular weight excluding hydrogens is 652 g/mol. The average Bonchev–Trinajstić information content (AvgIpc) is 3.06. The maximum atomic E-state index is 14.6. The number of hydrogen-bond donors (Lipinski definition) is 5. The molecule has 2 unspecified atom stereocenters. The Labute approximate surface area is 294 Å². The number of nitrogens with one attached hydrogen (secondary N) is 1. The van der Waals surface area contributed by atoms with Crippen LogP contribution in [0.1, 0.15) is 33.5 Å². The van der Waals surface area contributed by atoms with Crippen LogP contribution in [0.15, 0.2) is 60.7 Å². The van der Waals surface area contributed by atoms with Crippen molar-refractivity contribution in [2.24, 2.45) is 34.5 Å². The Morgan fingerprint density at radius 1 is 1.02 bits per heavy atom. The van der Waals surface area contributed by atoms with E-state index >= 15 is 0 Å². The molecule has 0 bridgehead atoms. The third kappa shape index (κ3) is 5.25. The van der Waals surface area contributed by atoms with Crippen LogP contribution in [0.2, 0.25) is 0 Å². The molecule has 0 aliphatic heterocycles. The van der Waals surface area contributed by atoms with Gasteiger partial charge in [0.15, 0.2) is 34.5 Å². The smallest absolute Gasteiger partial charge is 0.235 e. The van der Waals surface area contributed by atoms with Gasteiger partial charge in [0.05, 0.1) is 30.3 Å². The highest BCUT2D eigenvalue weighted by Crippen LogP contribution is 2.57. The number of hydrogen-bond acceptors (Lipinski definition) is 12. The molecule has 3 aliphatic carbocycles. The molecule has 3 aromatic carbocycles. The number of ether oxygens (including phenoxy) is 1. The van der Waals surface area contributed by atoms with Crippen LogP contribution in [0.5, 0.6) is 11.5 Å². The molecular formula is C38H40N6O7. The van der Waals surface area contributed by atoms with Gasteiger partial charge in [0.2, 0.25) is 5.91 Å². The lowest BCUT2D eigenvalue weighted by atomic mass is 9.42. The van der Waals surface area contributed by atoms with Crippen LogP contribution < -0.4 is 27.3 Å². The summed E-state index contributed by atoms with van der Waals surface area (Å²) in [5, 5.41) is 25.2. The van der Waals surface area contributed by atoms with Gasteiger partial charge in [-0.15, -0.1) is 0 Å². The number of carbonyl (C=O) groups is 5. The molecule has 0 saturated heterocycles. The molecule has 0 spiro atoms. The van der Waals surface area contributed by atoms with Crippen LogP contribution in [-0.4, -0.2) is 83.9 Å². The molecule has 3 aromatic rings. The van der Waals surface area contributed by atoms with E-state index in [9.17, 15) is 34.3 Å². The number of primary amides is 1. The number of methoxy groups -OCH3 is 1. The van der Waals surface area contributed by atoms with Crippen molar-refractivity contribution in [3.63, 3.8) is 0 Å². The van der Waals surface area contributed by atoms with Gasteiger partial charge in [-0.25, -0.2) is 0 Å². The van der Waals surface area contributed by atoms with Gasteiger partial charge in [-0.2, -0.15) is 5.26 Å². The number of phenols is 1. The summed E-state index contributed by atoms with van der Waals surface area (Å²) in [4.78, 5) is 70.6. The Kier molecular flexibility index (Phi) is 8.93. The summed E-state index contributed by atoms with van der Waals surface area (Å²) in [5.41, 5.74) is 15.9. The first-order valence-corrected chi connectivity index (χ1v) is 16.5. The number of fused-ring (bicyclic) bond motifs is 3. The number of amides is 1. The van der Waals surface area contributed by atoms with Gasteiger partial charge in [0, 0.05) is 17.6 Å². The fourth-order valence-electron chi connectivity index (χ4n) is 8.65. The molecule has 0 heterocycles. The van der Waals surface area contributed by atoms with E-state index in [1.54, 1.807) is 18.2 Å². The third-order valence-corrected chi connectivity index (χ3v) is 10.8. The summed E-state index contributed by atoms with van der Waals surface area (Å²) in [6, 6.07) is 18.9. The van der Waals surface area contributed by atoms with Gasteiger partial charge < -0.3 is 32.4 Å². The highest BCUT2D eigenvalue weighted by Gasteiger charge is 2.78. The molecule has 1 amide bonds. The number of nitrogens with two attached hydrogens (primary N) is 3. The normalized spacial score (nSPS) is 28.5. The number of nitriles is 1. The van der Waals surface area contributed by atoms with Crippen LogP contribution >= 0.6 is 0 Å². The SMILES string of the molecule is COc1ccc(CNCCc2ccccc2)cc1-c1ccc(O)c2c1C[C@@]1(N)C[C@@]3(N)[C@H](N(C)C)C(=O)C(C(N)=O)C(=O)[C@@]3(C#N)C(=O)C1C2=O. The van der Waals surface area contributed by atoms with Crippen molar-refractivity contribution < 1.29 is 33.8 Å². The van der Waals surface area contributed by atoms with E-state index in [1.807, 2.05) is 30.3 Å². The van der Waals surface area contributed by atoms with E-state index in [-0.39, 0.29) is 12.0 Å². The Hall–Kier alpha value is -5.26. The first kappa shape index (κ1) is 35.6. The minimum atomic E-state index is -2.81. The van der Waals surface area contributed by atoms with Gasteiger partial charge in [0.1, 0.15) is 17.4 Å². The number of benzene rings is 3.